The van der Waals surface area contributed by atoms with E-state index in [2.05, 4.69) is 10.2 Å². The van der Waals surface area contributed by atoms with Gasteiger partial charge in [-0.05, 0) is 48.9 Å². The second-order valence-electron chi connectivity index (χ2n) is 6.39. The molecular weight excluding hydrogens is 325 g/mol. The van der Waals surface area contributed by atoms with Crippen LogP contribution in [0.5, 0.6) is 0 Å². The molecule has 2 aliphatic rings. The van der Waals surface area contributed by atoms with E-state index in [0.717, 1.165) is 48.1 Å². The number of anilines is 1. The number of aromatic nitrogens is 2. The molecule has 0 bridgehead atoms. The summed E-state index contributed by atoms with van der Waals surface area (Å²) in [6.07, 6.45) is 3.62. The Bertz CT molecular complexity index is 894. The summed E-state index contributed by atoms with van der Waals surface area (Å²) in [6, 6.07) is 4.70. The quantitative estimate of drug-likeness (QED) is 0.928. The first-order chi connectivity index (χ1) is 12.1. The molecule has 0 atom stereocenters. The minimum Gasteiger partial charge on any atom is -0.447 e. The summed E-state index contributed by atoms with van der Waals surface area (Å²) in [4.78, 5) is 25.0. The number of halogens is 1. The van der Waals surface area contributed by atoms with Gasteiger partial charge in [0, 0.05) is 12.0 Å². The van der Waals surface area contributed by atoms with Crippen LogP contribution in [0.2, 0.25) is 0 Å². The molecule has 0 unspecified atom stereocenters. The minimum atomic E-state index is -0.532. The molecule has 1 saturated heterocycles. The van der Waals surface area contributed by atoms with Gasteiger partial charge < -0.3 is 4.74 Å². The zero-order valence-corrected chi connectivity index (χ0v) is 13.7. The smallest absolute Gasteiger partial charge is 0.414 e. The molecule has 1 aromatic carbocycles. The second kappa shape index (κ2) is 6.31. The summed E-state index contributed by atoms with van der Waals surface area (Å²) < 4.78 is 19.0. The lowest BCUT2D eigenvalue weighted by Crippen LogP contribution is -2.25. The molecule has 0 radical (unpaired) electrons. The van der Waals surface area contributed by atoms with Crippen LogP contribution in [-0.4, -0.2) is 29.4 Å². The molecule has 130 valence electrons. The topological polar surface area (TPSA) is 75.3 Å². The van der Waals surface area contributed by atoms with Crippen LogP contribution in [0.4, 0.5) is 14.9 Å². The molecule has 1 N–H and O–H groups in total. The Kier molecular flexibility index (Phi) is 3.99. The van der Waals surface area contributed by atoms with Crippen molar-refractivity contribution in [2.75, 3.05) is 18.1 Å². The van der Waals surface area contributed by atoms with E-state index < -0.39 is 11.9 Å². The number of carbonyl (C=O) groups is 1. The Morgan fingerprint density at radius 3 is 2.76 bits per heavy atom. The fourth-order valence-electron chi connectivity index (χ4n) is 3.55. The van der Waals surface area contributed by atoms with E-state index in [0.29, 0.717) is 13.0 Å². The number of hydrogen-bond donors (Lipinski definition) is 1. The predicted molar refractivity (Wildman–Crippen MR) is 89.4 cm³/mol. The van der Waals surface area contributed by atoms with Gasteiger partial charge in [-0.3, -0.25) is 9.69 Å². The third-order valence-electron chi connectivity index (χ3n) is 4.82. The average Bonchev–Trinajstić information content (AvgIpc) is 3.05. The zero-order valence-electron chi connectivity index (χ0n) is 13.7. The maximum Gasteiger partial charge on any atom is 0.414 e. The van der Waals surface area contributed by atoms with E-state index in [9.17, 15) is 14.0 Å². The number of ether oxygens (including phenoxy) is 1. The SMILES string of the molecule is O=C1OCCN1c1cc(Cc2n[nH]c(=O)c3c2CCCC3)ccc1F. The highest BCUT2D eigenvalue weighted by molar-refractivity contribution is 5.89. The minimum absolute atomic E-state index is 0.113. The first kappa shape index (κ1) is 15.8. The highest BCUT2D eigenvalue weighted by Gasteiger charge is 2.26. The number of nitrogens with zero attached hydrogens (tertiary/aromatic N) is 2. The number of hydrogen-bond acceptors (Lipinski definition) is 4. The van der Waals surface area contributed by atoms with E-state index in [-0.39, 0.29) is 17.9 Å². The van der Waals surface area contributed by atoms with Gasteiger partial charge in [0.2, 0.25) is 0 Å². The Morgan fingerprint density at radius 1 is 1.20 bits per heavy atom. The van der Waals surface area contributed by atoms with Crippen molar-refractivity contribution in [3.63, 3.8) is 0 Å². The molecule has 2 heterocycles. The Morgan fingerprint density at radius 2 is 2.00 bits per heavy atom. The van der Waals surface area contributed by atoms with Gasteiger partial charge in [0.1, 0.15) is 12.4 Å². The Balaban J connectivity index is 1.68. The van der Waals surface area contributed by atoms with Crippen molar-refractivity contribution in [3.05, 3.63) is 56.8 Å². The molecule has 7 heteroatoms. The van der Waals surface area contributed by atoms with Crippen molar-refractivity contribution in [3.8, 4) is 0 Å². The molecular formula is C18H18FN3O3. The largest absolute Gasteiger partial charge is 0.447 e. The van der Waals surface area contributed by atoms with Crippen molar-refractivity contribution >= 4 is 11.8 Å². The Hall–Kier alpha value is -2.70. The summed E-state index contributed by atoms with van der Waals surface area (Å²) in [5.74, 6) is -0.459. The van der Waals surface area contributed by atoms with Crippen LogP contribution < -0.4 is 10.5 Å². The molecule has 2 aromatic rings. The number of H-pyrrole nitrogens is 1. The number of nitrogens with one attached hydrogen (secondary N) is 1. The fraction of sp³-hybridized carbons (Fsp3) is 0.389. The van der Waals surface area contributed by atoms with Gasteiger partial charge in [0.25, 0.3) is 5.56 Å². The summed E-state index contributed by atoms with van der Waals surface area (Å²) in [5, 5.41) is 6.79. The van der Waals surface area contributed by atoms with E-state index in [4.69, 9.17) is 4.74 Å². The normalized spacial score (nSPS) is 16.7. The van der Waals surface area contributed by atoms with Crippen molar-refractivity contribution in [2.45, 2.75) is 32.1 Å². The third-order valence-corrected chi connectivity index (χ3v) is 4.82. The molecule has 4 rings (SSSR count). The summed E-state index contributed by atoms with van der Waals surface area (Å²) in [6.45, 7) is 0.600. The van der Waals surface area contributed by atoms with Crippen LogP contribution in [0.15, 0.2) is 23.0 Å². The summed E-state index contributed by atoms with van der Waals surface area (Å²) >= 11 is 0. The van der Waals surface area contributed by atoms with Crippen LogP contribution in [-0.2, 0) is 24.0 Å². The van der Waals surface area contributed by atoms with Crippen molar-refractivity contribution in [1.29, 1.82) is 0 Å². The van der Waals surface area contributed by atoms with Crippen molar-refractivity contribution in [1.82, 2.24) is 10.2 Å². The maximum absolute atomic E-state index is 14.1. The monoisotopic (exact) mass is 343 g/mol. The average molecular weight is 343 g/mol. The van der Waals surface area contributed by atoms with Gasteiger partial charge in [-0.15, -0.1) is 0 Å². The molecule has 25 heavy (non-hydrogen) atoms. The number of fused-ring (bicyclic) bond motifs is 1. The van der Waals surface area contributed by atoms with Crippen LogP contribution in [0.3, 0.4) is 0 Å². The van der Waals surface area contributed by atoms with E-state index in [1.807, 2.05) is 0 Å². The lowest BCUT2D eigenvalue weighted by Gasteiger charge is -2.18. The predicted octanol–water partition coefficient (Wildman–Crippen LogP) is 2.34. The zero-order chi connectivity index (χ0) is 17.4. The summed E-state index contributed by atoms with van der Waals surface area (Å²) in [7, 11) is 0. The van der Waals surface area contributed by atoms with Gasteiger partial charge in [-0.2, -0.15) is 5.10 Å². The van der Waals surface area contributed by atoms with Crippen LogP contribution >= 0.6 is 0 Å². The molecule has 1 aliphatic heterocycles. The second-order valence-corrected chi connectivity index (χ2v) is 6.39. The molecule has 1 aliphatic carbocycles. The van der Waals surface area contributed by atoms with Gasteiger partial charge in [-0.25, -0.2) is 14.3 Å². The highest BCUT2D eigenvalue weighted by Crippen LogP contribution is 2.27. The molecule has 0 spiro atoms. The van der Waals surface area contributed by atoms with Gasteiger partial charge in [0.05, 0.1) is 17.9 Å². The molecule has 1 aromatic heterocycles. The van der Waals surface area contributed by atoms with Gasteiger partial charge in [0.15, 0.2) is 0 Å². The van der Waals surface area contributed by atoms with E-state index in [1.54, 1.807) is 12.1 Å². The maximum atomic E-state index is 14.1. The lowest BCUT2D eigenvalue weighted by molar-refractivity contribution is 0.181. The fourth-order valence-corrected chi connectivity index (χ4v) is 3.55. The van der Waals surface area contributed by atoms with E-state index in [1.165, 1.54) is 11.0 Å². The number of carbonyl (C=O) groups excluding carboxylic acids is 1. The number of rotatable bonds is 3. The van der Waals surface area contributed by atoms with Crippen molar-refractivity contribution in [2.24, 2.45) is 0 Å². The van der Waals surface area contributed by atoms with Crippen LogP contribution in [0, 0.1) is 5.82 Å². The number of benzene rings is 1. The van der Waals surface area contributed by atoms with Crippen molar-refractivity contribution < 1.29 is 13.9 Å². The standard InChI is InChI=1S/C18H18FN3O3/c19-14-6-5-11(10-16(14)22-7-8-25-18(22)24)9-15-12-3-1-2-4-13(12)17(23)21-20-15/h5-6,10H,1-4,7-9H2,(H,21,23). The first-order valence-corrected chi connectivity index (χ1v) is 8.45. The van der Waals surface area contributed by atoms with Gasteiger partial charge in [-0.1, -0.05) is 6.07 Å². The van der Waals surface area contributed by atoms with Crippen LogP contribution in [0.1, 0.15) is 35.2 Å². The summed E-state index contributed by atoms with van der Waals surface area (Å²) in [5.41, 5.74) is 3.60. The Labute approximate surface area is 143 Å². The molecule has 6 nitrogen and oxygen atoms in total. The number of amides is 1. The number of cyclic esters (lactones) is 1. The highest BCUT2D eigenvalue weighted by atomic mass is 19.1. The number of aromatic amines is 1. The molecule has 1 amide bonds. The lowest BCUT2D eigenvalue weighted by atomic mass is 9.90. The first-order valence-electron chi connectivity index (χ1n) is 8.45. The van der Waals surface area contributed by atoms with Gasteiger partial charge >= 0.3 is 6.09 Å². The molecule has 0 saturated carbocycles. The molecule has 1 fully saturated rings. The third kappa shape index (κ3) is 2.90. The van der Waals surface area contributed by atoms with E-state index >= 15 is 0 Å². The van der Waals surface area contributed by atoms with Crippen LogP contribution in [0.25, 0.3) is 0 Å².